The third-order valence-electron chi connectivity index (χ3n) is 1.23. The topological polar surface area (TPSA) is 64.1 Å². The normalized spacial score (nSPS) is 9.00. The zero-order chi connectivity index (χ0) is 8.97. The van der Waals surface area contributed by atoms with Crippen LogP contribution in [0.3, 0.4) is 0 Å². The predicted molar refractivity (Wildman–Crippen MR) is 39.6 cm³/mol. The van der Waals surface area contributed by atoms with Gasteiger partial charge in [-0.25, -0.2) is 0 Å². The van der Waals surface area contributed by atoms with Crippen molar-refractivity contribution in [1.29, 1.82) is 0 Å². The minimum atomic E-state index is -1.08. The SMILES string of the molecule is O=CC(=O)C(=O)c1ccccn1. The molecule has 1 aromatic heterocycles. The van der Waals surface area contributed by atoms with Gasteiger partial charge in [0, 0.05) is 6.20 Å². The second-order valence-electron chi connectivity index (χ2n) is 2.03. The zero-order valence-electron chi connectivity index (χ0n) is 6.06. The van der Waals surface area contributed by atoms with E-state index in [4.69, 9.17) is 0 Å². The van der Waals surface area contributed by atoms with Crippen molar-refractivity contribution in [1.82, 2.24) is 4.98 Å². The molecule has 0 aliphatic heterocycles. The Morgan fingerprint density at radius 2 is 2.08 bits per heavy atom. The van der Waals surface area contributed by atoms with E-state index in [0.717, 1.165) is 0 Å². The van der Waals surface area contributed by atoms with Crippen molar-refractivity contribution in [2.75, 3.05) is 0 Å². The lowest BCUT2D eigenvalue weighted by atomic mass is 10.2. The summed E-state index contributed by atoms with van der Waals surface area (Å²) < 4.78 is 0. The fraction of sp³-hybridized carbons (Fsp3) is 0. The molecule has 4 nitrogen and oxygen atoms in total. The Hall–Kier alpha value is -1.84. The van der Waals surface area contributed by atoms with Crippen LogP contribution in [0.5, 0.6) is 0 Å². The summed E-state index contributed by atoms with van der Waals surface area (Å²) in [6, 6.07) is 4.56. The maximum atomic E-state index is 10.9. The molecule has 0 saturated heterocycles. The summed E-state index contributed by atoms with van der Waals surface area (Å²) in [6.07, 6.45) is 1.36. The Balaban J connectivity index is 2.93. The minimum absolute atomic E-state index is 0.00500. The molecule has 0 aliphatic rings. The first kappa shape index (κ1) is 8.26. The Labute approximate surface area is 68.2 Å². The molecule has 0 N–H and O–H groups in total. The summed E-state index contributed by atoms with van der Waals surface area (Å²) in [6.45, 7) is 0. The number of hydrogen-bond acceptors (Lipinski definition) is 4. The van der Waals surface area contributed by atoms with Gasteiger partial charge in [0.1, 0.15) is 5.69 Å². The Morgan fingerprint density at radius 3 is 2.58 bits per heavy atom. The Kier molecular flexibility index (Phi) is 2.42. The Bertz CT molecular complexity index is 318. The second-order valence-corrected chi connectivity index (χ2v) is 2.03. The molecule has 1 aromatic rings. The van der Waals surface area contributed by atoms with Gasteiger partial charge < -0.3 is 0 Å². The van der Waals surface area contributed by atoms with Crippen molar-refractivity contribution in [3.8, 4) is 0 Å². The number of carbonyl (C=O) groups is 3. The zero-order valence-corrected chi connectivity index (χ0v) is 6.06. The second kappa shape index (κ2) is 3.52. The highest BCUT2D eigenvalue weighted by molar-refractivity contribution is 6.61. The molecule has 12 heavy (non-hydrogen) atoms. The lowest BCUT2D eigenvalue weighted by molar-refractivity contribution is -0.126. The van der Waals surface area contributed by atoms with E-state index < -0.39 is 11.6 Å². The summed E-state index contributed by atoms with van der Waals surface area (Å²) in [4.78, 5) is 35.0. The molecule has 1 rings (SSSR count). The van der Waals surface area contributed by atoms with Gasteiger partial charge >= 0.3 is 0 Å². The molecule has 4 heteroatoms. The number of pyridine rings is 1. The van der Waals surface area contributed by atoms with E-state index in [2.05, 4.69) is 4.98 Å². The Morgan fingerprint density at radius 1 is 1.33 bits per heavy atom. The molecule has 0 saturated carbocycles. The smallest absolute Gasteiger partial charge is 0.267 e. The number of hydrogen-bond donors (Lipinski definition) is 0. The number of aromatic nitrogens is 1. The van der Waals surface area contributed by atoms with Crippen LogP contribution >= 0.6 is 0 Å². The minimum Gasteiger partial charge on any atom is -0.294 e. The van der Waals surface area contributed by atoms with Crippen LogP contribution in [-0.4, -0.2) is 22.8 Å². The van der Waals surface area contributed by atoms with Crippen molar-refractivity contribution in [3.05, 3.63) is 30.1 Å². The average Bonchev–Trinajstić information content (AvgIpc) is 2.17. The number of Topliss-reactive ketones (excluding diaryl/α,β-unsaturated/α-hetero) is 2. The fourth-order valence-electron chi connectivity index (χ4n) is 0.677. The van der Waals surface area contributed by atoms with Gasteiger partial charge in [-0.2, -0.15) is 0 Å². The predicted octanol–water partition coefficient (Wildman–Crippen LogP) is 0.0323. The monoisotopic (exact) mass is 163 g/mol. The van der Waals surface area contributed by atoms with Crippen molar-refractivity contribution in [3.63, 3.8) is 0 Å². The number of nitrogens with zero attached hydrogens (tertiary/aromatic N) is 1. The number of rotatable bonds is 3. The summed E-state index contributed by atoms with van der Waals surface area (Å²) in [7, 11) is 0. The summed E-state index contributed by atoms with van der Waals surface area (Å²) in [5.74, 6) is -1.95. The molecule has 0 aliphatic carbocycles. The maximum absolute atomic E-state index is 10.9. The van der Waals surface area contributed by atoms with Gasteiger partial charge in [-0.3, -0.25) is 19.4 Å². The van der Waals surface area contributed by atoms with E-state index in [1.807, 2.05) is 0 Å². The van der Waals surface area contributed by atoms with Crippen LogP contribution in [0.1, 0.15) is 10.5 Å². The highest BCUT2D eigenvalue weighted by Crippen LogP contribution is 1.94. The summed E-state index contributed by atoms with van der Waals surface area (Å²) >= 11 is 0. The van der Waals surface area contributed by atoms with Gasteiger partial charge in [-0.15, -0.1) is 0 Å². The van der Waals surface area contributed by atoms with Crippen LogP contribution in [0.2, 0.25) is 0 Å². The number of aldehydes is 1. The van der Waals surface area contributed by atoms with E-state index in [9.17, 15) is 14.4 Å². The summed E-state index contributed by atoms with van der Waals surface area (Å²) in [5.41, 5.74) is -0.00500. The molecular weight excluding hydrogens is 158 g/mol. The van der Waals surface area contributed by atoms with Crippen LogP contribution in [0.15, 0.2) is 24.4 Å². The molecule has 0 radical (unpaired) electrons. The van der Waals surface area contributed by atoms with Gasteiger partial charge in [0.25, 0.3) is 11.6 Å². The molecule has 1 heterocycles. The van der Waals surface area contributed by atoms with Crippen LogP contribution in [0.4, 0.5) is 0 Å². The van der Waals surface area contributed by atoms with Crippen LogP contribution < -0.4 is 0 Å². The maximum Gasteiger partial charge on any atom is 0.267 e. The third kappa shape index (κ3) is 1.60. The summed E-state index contributed by atoms with van der Waals surface area (Å²) in [5, 5.41) is 0. The van der Waals surface area contributed by atoms with E-state index in [1.165, 1.54) is 12.3 Å². The molecule has 0 amide bonds. The van der Waals surface area contributed by atoms with Crippen LogP contribution in [0, 0.1) is 0 Å². The molecule has 0 spiro atoms. The molecule has 0 unspecified atom stereocenters. The first-order valence-electron chi connectivity index (χ1n) is 3.20. The highest BCUT2D eigenvalue weighted by atomic mass is 16.2. The van der Waals surface area contributed by atoms with E-state index in [1.54, 1.807) is 12.1 Å². The van der Waals surface area contributed by atoms with Crippen molar-refractivity contribution in [2.24, 2.45) is 0 Å². The molecule has 60 valence electrons. The van der Waals surface area contributed by atoms with E-state index in [-0.39, 0.29) is 12.0 Å². The largest absolute Gasteiger partial charge is 0.294 e. The molecule has 0 fully saturated rings. The lowest BCUT2D eigenvalue weighted by Gasteiger charge is -1.91. The average molecular weight is 163 g/mol. The lowest BCUT2D eigenvalue weighted by Crippen LogP contribution is -2.16. The van der Waals surface area contributed by atoms with Gasteiger partial charge in [0.05, 0.1) is 0 Å². The molecule has 0 atom stereocenters. The van der Waals surface area contributed by atoms with Gasteiger partial charge in [-0.05, 0) is 12.1 Å². The quantitative estimate of drug-likeness (QED) is 0.273. The van der Waals surface area contributed by atoms with Gasteiger partial charge in [0.2, 0.25) is 0 Å². The molecular formula is C8H5NO3. The third-order valence-corrected chi connectivity index (χ3v) is 1.23. The van der Waals surface area contributed by atoms with Crippen molar-refractivity contribution >= 4 is 17.9 Å². The van der Waals surface area contributed by atoms with Crippen LogP contribution in [0.25, 0.3) is 0 Å². The highest BCUT2D eigenvalue weighted by Gasteiger charge is 2.15. The number of carbonyl (C=O) groups excluding carboxylic acids is 3. The standard InChI is InChI=1S/C8H5NO3/c10-5-7(11)8(12)6-3-1-2-4-9-6/h1-5H. The number of ketones is 2. The van der Waals surface area contributed by atoms with E-state index in [0.29, 0.717) is 0 Å². The van der Waals surface area contributed by atoms with Crippen LogP contribution in [-0.2, 0) is 9.59 Å². The molecule has 0 aromatic carbocycles. The molecule has 0 bridgehead atoms. The van der Waals surface area contributed by atoms with Crippen molar-refractivity contribution in [2.45, 2.75) is 0 Å². The van der Waals surface area contributed by atoms with Gasteiger partial charge in [-0.1, -0.05) is 6.07 Å². The van der Waals surface area contributed by atoms with Crippen molar-refractivity contribution < 1.29 is 14.4 Å². The first-order valence-corrected chi connectivity index (χ1v) is 3.20. The van der Waals surface area contributed by atoms with E-state index >= 15 is 0 Å². The van der Waals surface area contributed by atoms with Gasteiger partial charge in [0.15, 0.2) is 6.29 Å². The first-order chi connectivity index (χ1) is 5.75. The fourth-order valence-corrected chi connectivity index (χ4v) is 0.677.